The molecule has 0 bridgehead atoms. The van der Waals surface area contributed by atoms with Gasteiger partial charge in [-0.1, -0.05) is 42.8 Å². The number of hydrogen-bond acceptors (Lipinski definition) is 4. The van der Waals surface area contributed by atoms with E-state index in [1.54, 1.807) is 30.3 Å². The molecule has 4 amide bonds. The van der Waals surface area contributed by atoms with Gasteiger partial charge in [-0.15, -0.1) is 0 Å². The van der Waals surface area contributed by atoms with Gasteiger partial charge in [0.1, 0.15) is 11.3 Å². The molecule has 1 N–H and O–H groups in total. The summed E-state index contributed by atoms with van der Waals surface area (Å²) in [6.45, 7) is 4.24. The van der Waals surface area contributed by atoms with Crippen LogP contribution in [0.4, 0.5) is 10.5 Å². The highest BCUT2D eigenvalue weighted by Crippen LogP contribution is 2.28. The molecule has 0 aromatic heterocycles. The average molecular weight is 399 g/mol. The van der Waals surface area contributed by atoms with Gasteiger partial charge in [-0.3, -0.25) is 14.9 Å². The number of carbonyl (C=O) groups excluding carboxylic acids is 3. The van der Waals surface area contributed by atoms with E-state index in [4.69, 9.17) is 16.3 Å². The first kappa shape index (κ1) is 19.6. The maximum absolute atomic E-state index is 13.0. The Hall–Kier alpha value is -3.12. The number of ether oxygens (including phenoxy) is 1. The minimum atomic E-state index is -0.766. The van der Waals surface area contributed by atoms with Crippen LogP contribution in [0.1, 0.15) is 25.0 Å². The van der Waals surface area contributed by atoms with Gasteiger partial charge in [0, 0.05) is 0 Å². The number of hydrogen-bond donors (Lipinski definition) is 1. The Kier molecular flexibility index (Phi) is 5.80. The summed E-state index contributed by atoms with van der Waals surface area (Å²) in [6.07, 6.45) is 2.04. The lowest BCUT2D eigenvalue weighted by atomic mass is 10.0. The van der Waals surface area contributed by atoms with Crippen molar-refractivity contribution in [1.82, 2.24) is 5.32 Å². The molecule has 1 saturated heterocycles. The van der Waals surface area contributed by atoms with Gasteiger partial charge in [-0.25, -0.2) is 9.69 Å². The van der Waals surface area contributed by atoms with Crippen LogP contribution in [0, 0.1) is 0 Å². The third-order valence-corrected chi connectivity index (χ3v) is 4.58. The van der Waals surface area contributed by atoms with Crippen LogP contribution in [-0.2, 0) is 16.0 Å². The monoisotopic (exact) mass is 398 g/mol. The third-order valence-electron chi connectivity index (χ3n) is 4.28. The fraction of sp³-hybridized carbons (Fsp3) is 0.190. The number of imide groups is 2. The summed E-state index contributed by atoms with van der Waals surface area (Å²) >= 11 is 6.18. The number of nitrogens with zero attached hydrogens (tertiary/aromatic N) is 1. The highest BCUT2D eigenvalue weighted by Gasteiger charge is 2.37. The van der Waals surface area contributed by atoms with Gasteiger partial charge >= 0.3 is 6.03 Å². The van der Waals surface area contributed by atoms with E-state index in [-0.39, 0.29) is 5.57 Å². The standard InChI is InChI=1S/C21H19ClN2O4/c1-3-14-7-5-6-8-17(14)24-20(26)15(19(25)23-21(24)27)11-13-9-10-18(28-4-2)16(22)12-13/h5-12H,3-4H2,1-2H3,(H,23,25,27)/b15-11+. The Morgan fingerprint density at radius 2 is 1.86 bits per heavy atom. The van der Waals surface area contributed by atoms with Crippen molar-refractivity contribution < 1.29 is 19.1 Å². The molecule has 2 aromatic rings. The molecule has 7 heteroatoms. The number of aryl methyl sites for hydroxylation is 1. The van der Waals surface area contributed by atoms with Crippen molar-refractivity contribution in [2.45, 2.75) is 20.3 Å². The Bertz CT molecular complexity index is 984. The number of amides is 4. The molecule has 0 atom stereocenters. The van der Waals surface area contributed by atoms with Crippen LogP contribution in [0.2, 0.25) is 5.02 Å². The van der Waals surface area contributed by atoms with Crippen LogP contribution < -0.4 is 15.0 Å². The molecule has 3 rings (SSSR count). The van der Waals surface area contributed by atoms with E-state index in [0.29, 0.717) is 35.1 Å². The van der Waals surface area contributed by atoms with Gasteiger partial charge in [0.2, 0.25) is 0 Å². The maximum atomic E-state index is 13.0. The number of anilines is 1. The van der Waals surface area contributed by atoms with Gasteiger partial charge in [0.15, 0.2) is 0 Å². The summed E-state index contributed by atoms with van der Waals surface area (Å²) in [5, 5.41) is 2.59. The number of carbonyl (C=O) groups is 3. The maximum Gasteiger partial charge on any atom is 0.335 e. The third kappa shape index (κ3) is 3.77. The number of rotatable bonds is 5. The van der Waals surface area contributed by atoms with Gasteiger partial charge in [-0.05, 0) is 48.7 Å². The summed E-state index contributed by atoms with van der Waals surface area (Å²) in [5.74, 6) is -0.913. The minimum Gasteiger partial charge on any atom is -0.492 e. The normalized spacial score (nSPS) is 15.8. The van der Waals surface area contributed by atoms with Crippen LogP contribution in [0.5, 0.6) is 5.75 Å². The van der Waals surface area contributed by atoms with Crippen LogP contribution in [0.15, 0.2) is 48.0 Å². The number of halogens is 1. The molecular formula is C21H19ClN2O4. The number of urea groups is 1. The van der Waals surface area contributed by atoms with Crippen molar-refractivity contribution in [2.75, 3.05) is 11.5 Å². The minimum absolute atomic E-state index is 0.147. The molecule has 0 spiro atoms. The van der Waals surface area contributed by atoms with Crippen molar-refractivity contribution >= 4 is 41.2 Å². The van der Waals surface area contributed by atoms with E-state index in [1.807, 2.05) is 26.0 Å². The molecule has 0 radical (unpaired) electrons. The van der Waals surface area contributed by atoms with E-state index < -0.39 is 17.8 Å². The lowest BCUT2D eigenvalue weighted by Gasteiger charge is -2.28. The van der Waals surface area contributed by atoms with E-state index in [9.17, 15) is 14.4 Å². The van der Waals surface area contributed by atoms with Gasteiger partial charge < -0.3 is 4.74 Å². The molecule has 1 aliphatic heterocycles. The van der Waals surface area contributed by atoms with Gasteiger partial charge in [-0.2, -0.15) is 0 Å². The number of para-hydroxylation sites is 1. The summed E-state index contributed by atoms with van der Waals surface area (Å²) in [5.41, 5.74) is 1.68. The van der Waals surface area contributed by atoms with Crippen molar-refractivity contribution in [3.8, 4) is 5.75 Å². The molecule has 1 heterocycles. The summed E-state index contributed by atoms with van der Waals surface area (Å²) < 4.78 is 5.39. The van der Waals surface area contributed by atoms with Crippen LogP contribution in [0.3, 0.4) is 0 Å². The molecule has 0 saturated carbocycles. The van der Waals surface area contributed by atoms with E-state index in [0.717, 1.165) is 10.5 Å². The van der Waals surface area contributed by atoms with Crippen LogP contribution in [0.25, 0.3) is 6.08 Å². The molecular weight excluding hydrogens is 380 g/mol. The lowest BCUT2D eigenvalue weighted by molar-refractivity contribution is -0.122. The van der Waals surface area contributed by atoms with Crippen LogP contribution in [-0.4, -0.2) is 24.5 Å². The topological polar surface area (TPSA) is 75.7 Å². The Morgan fingerprint density at radius 3 is 2.54 bits per heavy atom. The largest absolute Gasteiger partial charge is 0.492 e. The predicted octanol–water partition coefficient (Wildman–Crippen LogP) is 3.97. The lowest BCUT2D eigenvalue weighted by Crippen LogP contribution is -2.54. The molecule has 0 aliphatic carbocycles. The Labute approximate surface area is 167 Å². The van der Waals surface area contributed by atoms with Gasteiger partial charge in [0.05, 0.1) is 17.3 Å². The molecule has 1 aliphatic rings. The zero-order valence-electron chi connectivity index (χ0n) is 15.5. The van der Waals surface area contributed by atoms with Crippen molar-refractivity contribution in [3.05, 3.63) is 64.2 Å². The second kappa shape index (κ2) is 8.27. The number of nitrogens with one attached hydrogen (secondary N) is 1. The van der Waals surface area contributed by atoms with Gasteiger partial charge in [0.25, 0.3) is 11.8 Å². The van der Waals surface area contributed by atoms with E-state index >= 15 is 0 Å². The average Bonchev–Trinajstić information content (AvgIpc) is 2.67. The fourth-order valence-electron chi connectivity index (χ4n) is 2.95. The second-order valence-electron chi connectivity index (χ2n) is 6.06. The Balaban J connectivity index is 2.00. The molecule has 0 unspecified atom stereocenters. The second-order valence-corrected chi connectivity index (χ2v) is 6.47. The fourth-order valence-corrected chi connectivity index (χ4v) is 3.19. The number of benzene rings is 2. The first-order chi connectivity index (χ1) is 13.5. The molecule has 2 aromatic carbocycles. The van der Waals surface area contributed by atoms with Crippen LogP contribution >= 0.6 is 11.6 Å². The first-order valence-electron chi connectivity index (χ1n) is 8.88. The molecule has 144 valence electrons. The first-order valence-corrected chi connectivity index (χ1v) is 9.25. The summed E-state index contributed by atoms with van der Waals surface area (Å²) in [4.78, 5) is 38.6. The Morgan fingerprint density at radius 1 is 1.11 bits per heavy atom. The summed E-state index contributed by atoms with van der Waals surface area (Å²) in [7, 11) is 0. The smallest absolute Gasteiger partial charge is 0.335 e. The highest BCUT2D eigenvalue weighted by molar-refractivity contribution is 6.39. The van der Waals surface area contributed by atoms with Crippen molar-refractivity contribution in [3.63, 3.8) is 0 Å². The quantitative estimate of drug-likeness (QED) is 0.610. The molecule has 6 nitrogen and oxygen atoms in total. The van der Waals surface area contributed by atoms with Crippen molar-refractivity contribution in [1.29, 1.82) is 0 Å². The van der Waals surface area contributed by atoms with Crippen molar-refractivity contribution in [2.24, 2.45) is 0 Å². The SMILES string of the molecule is CCOc1ccc(/C=C2\C(=O)NC(=O)N(c3ccccc3CC)C2=O)cc1Cl. The summed E-state index contributed by atoms with van der Waals surface area (Å²) in [6, 6.07) is 11.3. The molecule has 28 heavy (non-hydrogen) atoms. The molecule has 1 fully saturated rings. The van der Waals surface area contributed by atoms with E-state index in [1.165, 1.54) is 6.08 Å². The zero-order chi connectivity index (χ0) is 20.3. The number of barbiturate groups is 1. The predicted molar refractivity (Wildman–Crippen MR) is 107 cm³/mol. The zero-order valence-corrected chi connectivity index (χ0v) is 16.2. The van der Waals surface area contributed by atoms with E-state index in [2.05, 4.69) is 5.32 Å². The highest BCUT2D eigenvalue weighted by atomic mass is 35.5.